The molecule has 0 saturated heterocycles. The molecule has 0 unspecified atom stereocenters. The van der Waals surface area contributed by atoms with Crippen molar-refractivity contribution in [2.24, 2.45) is 0 Å². The molecule has 20 heavy (non-hydrogen) atoms. The summed E-state index contributed by atoms with van der Waals surface area (Å²) in [5, 5.41) is 6.06. The van der Waals surface area contributed by atoms with Crippen LogP contribution in [0.3, 0.4) is 0 Å². The molecule has 3 nitrogen and oxygen atoms in total. The number of pyridine rings is 1. The SMILES string of the molecule is O=C(Nc1cccc2cc(Br)cnc12)c1sccc1Cl. The molecule has 6 heteroatoms. The Kier molecular flexibility index (Phi) is 3.74. The van der Waals surface area contributed by atoms with E-state index < -0.39 is 0 Å². The minimum atomic E-state index is -0.220. The predicted octanol–water partition coefficient (Wildman–Crippen LogP) is 4.96. The molecule has 0 saturated carbocycles. The van der Waals surface area contributed by atoms with Crippen molar-refractivity contribution in [3.63, 3.8) is 0 Å². The van der Waals surface area contributed by atoms with Gasteiger partial charge in [0.25, 0.3) is 5.91 Å². The summed E-state index contributed by atoms with van der Waals surface area (Å²) in [5.74, 6) is -0.220. The molecule has 0 radical (unpaired) electrons. The lowest BCUT2D eigenvalue weighted by Gasteiger charge is -2.07. The van der Waals surface area contributed by atoms with Gasteiger partial charge in [-0.25, -0.2) is 0 Å². The van der Waals surface area contributed by atoms with E-state index in [4.69, 9.17) is 11.6 Å². The Morgan fingerprint density at radius 1 is 1.35 bits per heavy atom. The van der Waals surface area contributed by atoms with Crippen LogP contribution in [0.25, 0.3) is 10.9 Å². The van der Waals surface area contributed by atoms with Crippen LogP contribution in [0.5, 0.6) is 0 Å². The van der Waals surface area contributed by atoms with Crippen LogP contribution < -0.4 is 5.32 Å². The number of hydrogen-bond donors (Lipinski definition) is 1. The van der Waals surface area contributed by atoms with E-state index in [1.807, 2.05) is 24.3 Å². The van der Waals surface area contributed by atoms with Gasteiger partial charge in [-0.05, 0) is 39.5 Å². The topological polar surface area (TPSA) is 42.0 Å². The number of nitrogens with zero attached hydrogens (tertiary/aromatic N) is 1. The Bertz CT molecular complexity index is 803. The smallest absolute Gasteiger partial charge is 0.267 e. The van der Waals surface area contributed by atoms with Crippen molar-refractivity contribution >= 4 is 61.4 Å². The predicted molar refractivity (Wildman–Crippen MR) is 86.7 cm³/mol. The van der Waals surface area contributed by atoms with Crippen molar-refractivity contribution in [3.8, 4) is 0 Å². The van der Waals surface area contributed by atoms with E-state index in [2.05, 4.69) is 26.2 Å². The summed E-state index contributed by atoms with van der Waals surface area (Å²) in [6.45, 7) is 0. The van der Waals surface area contributed by atoms with Gasteiger partial charge in [0.15, 0.2) is 0 Å². The van der Waals surface area contributed by atoms with Crippen LogP contribution in [-0.2, 0) is 0 Å². The highest BCUT2D eigenvalue weighted by atomic mass is 79.9. The molecule has 1 N–H and O–H groups in total. The van der Waals surface area contributed by atoms with Crippen molar-refractivity contribution in [1.82, 2.24) is 4.98 Å². The molecule has 100 valence electrons. The summed E-state index contributed by atoms with van der Waals surface area (Å²) in [6, 6.07) is 9.31. The molecule has 0 spiro atoms. The highest BCUT2D eigenvalue weighted by molar-refractivity contribution is 9.10. The maximum absolute atomic E-state index is 12.2. The molecule has 2 heterocycles. The van der Waals surface area contributed by atoms with Crippen molar-refractivity contribution in [2.45, 2.75) is 0 Å². The van der Waals surface area contributed by atoms with Gasteiger partial charge in [-0.1, -0.05) is 23.7 Å². The number of benzene rings is 1. The molecule has 0 aliphatic heterocycles. The Balaban J connectivity index is 1.99. The third kappa shape index (κ3) is 2.57. The average Bonchev–Trinajstić information content (AvgIpc) is 2.85. The van der Waals surface area contributed by atoms with E-state index in [0.29, 0.717) is 15.6 Å². The molecule has 0 fully saturated rings. The summed E-state index contributed by atoms with van der Waals surface area (Å²) in [5.41, 5.74) is 1.42. The van der Waals surface area contributed by atoms with Gasteiger partial charge in [-0.15, -0.1) is 11.3 Å². The zero-order valence-electron chi connectivity index (χ0n) is 10.1. The van der Waals surface area contributed by atoms with Crippen LogP contribution in [0.15, 0.2) is 46.4 Å². The number of fused-ring (bicyclic) bond motifs is 1. The summed E-state index contributed by atoms with van der Waals surface area (Å²) in [4.78, 5) is 17.0. The molecule has 0 atom stereocenters. The fraction of sp³-hybridized carbons (Fsp3) is 0. The first-order valence-corrected chi connectivity index (χ1v) is 7.79. The van der Waals surface area contributed by atoms with E-state index in [-0.39, 0.29) is 5.91 Å². The molecule has 0 aliphatic rings. The number of amides is 1. The van der Waals surface area contributed by atoms with Gasteiger partial charge >= 0.3 is 0 Å². The van der Waals surface area contributed by atoms with Crippen molar-refractivity contribution in [1.29, 1.82) is 0 Å². The summed E-state index contributed by atoms with van der Waals surface area (Å²) >= 11 is 10.7. The van der Waals surface area contributed by atoms with E-state index in [1.54, 1.807) is 17.6 Å². The van der Waals surface area contributed by atoms with E-state index in [0.717, 1.165) is 15.4 Å². The number of thiophene rings is 1. The minimum absolute atomic E-state index is 0.220. The number of hydrogen-bond acceptors (Lipinski definition) is 3. The zero-order chi connectivity index (χ0) is 14.1. The second-order valence-electron chi connectivity index (χ2n) is 4.08. The van der Waals surface area contributed by atoms with Gasteiger partial charge in [0.05, 0.1) is 16.2 Å². The third-order valence-electron chi connectivity index (χ3n) is 2.75. The molecule has 0 aliphatic carbocycles. The van der Waals surface area contributed by atoms with Crippen LogP contribution in [0, 0.1) is 0 Å². The first-order valence-electron chi connectivity index (χ1n) is 5.74. The standard InChI is InChI=1S/C14H8BrClN2OS/c15-9-6-8-2-1-3-11(12(8)17-7-9)18-14(19)13-10(16)4-5-20-13/h1-7H,(H,18,19). The van der Waals surface area contributed by atoms with Crippen LogP contribution in [0.4, 0.5) is 5.69 Å². The van der Waals surface area contributed by atoms with Crippen LogP contribution in [0.1, 0.15) is 9.67 Å². The van der Waals surface area contributed by atoms with Gasteiger partial charge in [0.2, 0.25) is 0 Å². The number of nitrogens with one attached hydrogen (secondary N) is 1. The molecule has 3 rings (SSSR count). The molecule has 3 aromatic rings. The lowest BCUT2D eigenvalue weighted by molar-refractivity contribution is 0.103. The Hall–Kier alpha value is -1.43. The van der Waals surface area contributed by atoms with Gasteiger partial charge in [0.1, 0.15) is 4.88 Å². The number of carbonyl (C=O) groups excluding carboxylic acids is 1. The van der Waals surface area contributed by atoms with Crippen molar-refractivity contribution in [3.05, 3.63) is 56.3 Å². The van der Waals surface area contributed by atoms with E-state index >= 15 is 0 Å². The van der Waals surface area contributed by atoms with Crippen LogP contribution in [-0.4, -0.2) is 10.9 Å². The summed E-state index contributed by atoms with van der Waals surface area (Å²) < 4.78 is 0.898. The monoisotopic (exact) mass is 366 g/mol. The lowest BCUT2D eigenvalue weighted by atomic mass is 10.2. The van der Waals surface area contributed by atoms with E-state index in [9.17, 15) is 4.79 Å². The molecule has 1 aromatic carbocycles. The first kappa shape index (κ1) is 13.5. The quantitative estimate of drug-likeness (QED) is 0.695. The van der Waals surface area contributed by atoms with Crippen molar-refractivity contribution < 1.29 is 4.79 Å². The lowest BCUT2D eigenvalue weighted by Crippen LogP contribution is -2.11. The molecule has 0 bridgehead atoms. The van der Waals surface area contributed by atoms with Crippen LogP contribution >= 0.6 is 38.9 Å². The first-order chi connectivity index (χ1) is 9.65. The van der Waals surface area contributed by atoms with Gasteiger partial charge in [0, 0.05) is 16.1 Å². The van der Waals surface area contributed by atoms with Crippen LogP contribution in [0.2, 0.25) is 5.02 Å². The summed E-state index contributed by atoms with van der Waals surface area (Å²) in [7, 11) is 0. The van der Waals surface area contributed by atoms with Crippen molar-refractivity contribution in [2.75, 3.05) is 5.32 Å². The second-order valence-corrected chi connectivity index (χ2v) is 6.32. The zero-order valence-corrected chi connectivity index (χ0v) is 13.2. The molecular formula is C14H8BrClN2OS. The highest BCUT2D eigenvalue weighted by Gasteiger charge is 2.13. The van der Waals surface area contributed by atoms with Gasteiger partial charge in [-0.2, -0.15) is 0 Å². The Morgan fingerprint density at radius 3 is 2.95 bits per heavy atom. The average molecular weight is 368 g/mol. The molecule has 2 aromatic heterocycles. The summed E-state index contributed by atoms with van der Waals surface area (Å²) in [6.07, 6.45) is 1.70. The maximum Gasteiger partial charge on any atom is 0.267 e. The second kappa shape index (κ2) is 5.52. The maximum atomic E-state index is 12.2. The third-order valence-corrected chi connectivity index (χ3v) is 4.52. The number of carbonyl (C=O) groups is 1. The number of aromatic nitrogens is 1. The fourth-order valence-electron chi connectivity index (χ4n) is 1.87. The Morgan fingerprint density at radius 2 is 2.20 bits per heavy atom. The highest BCUT2D eigenvalue weighted by Crippen LogP contribution is 2.27. The largest absolute Gasteiger partial charge is 0.319 e. The number of anilines is 1. The number of rotatable bonds is 2. The van der Waals surface area contributed by atoms with Gasteiger partial charge in [-0.3, -0.25) is 9.78 Å². The number of para-hydroxylation sites is 1. The minimum Gasteiger partial charge on any atom is -0.319 e. The number of halogens is 2. The van der Waals surface area contributed by atoms with E-state index in [1.165, 1.54) is 11.3 Å². The van der Waals surface area contributed by atoms with Gasteiger partial charge < -0.3 is 5.32 Å². The molecular weight excluding hydrogens is 360 g/mol. The Labute approximate surface area is 132 Å². The normalized spacial score (nSPS) is 10.7. The fourth-order valence-corrected chi connectivity index (χ4v) is 3.25. The molecule has 1 amide bonds.